The molecule has 0 atom stereocenters. The normalized spacial score (nSPS) is 13.4. The second kappa shape index (κ2) is 15.8. The summed E-state index contributed by atoms with van der Waals surface area (Å²) >= 11 is 5.70. The van der Waals surface area contributed by atoms with E-state index in [1.54, 1.807) is 0 Å². The number of aromatic nitrogens is 1. The van der Waals surface area contributed by atoms with Crippen LogP contribution in [0.3, 0.4) is 0 Å². The maximum atomic E-state index is 7.33. The van der Waals surface area contributed by atoms with Gasteiger partial charge in [-0.3, -0.25) is 0 Å². The van der Waals surface area contributed by atoms with Crippen molar-refractivity contribution >= 4 is 140 Å². The average Bonchev–Trinajstić information content (AvgIpc) is 4.12. The molecule has 0 aliphatic carbocycles. The number of hydrogen-bond acceptors (Lipinski definition) is 6. The fourth-order valence-corrected chi connectivity index (χ4v) is 15.8. The molecule has 0 bridgehead atoms. The molecule has 10 aromatic carbocycles. The third-order valence-electron chi connectivity index (χ3n) is 15.5. The van der Waals surface area contributed by atoms with Crippen molar-refractivity contribution in [3.8, 4) is 22.3 Å². The van der Waals surface area contributed by atoms with Crippen LogP contribution in [-0.2, 0) is 5.41 Å². The van der Waals surface area contributed by atoms with E-state index in [1.807, 2.05) is 34.9 Å². The minimum atomic E-state index is -0.205. The Morgan fingerprint density at radius 2 is 1.16 bits per heavy atom. The van der Waals surface area contributed by atoms with Crippen LogP contribution in [0.25, 0.3) is 75.4 Å². The molecule has 0 N–H and O–H groups in total. The summed E-state index contributed by atoms with van der Waals surface area (Å²) in [6.45, 7) is 6.74. The molecular formula is C66H44BN3OS3. The first kappa shape index (κ1) is 42.6. The minimum absolute atomic E-state index is 0.0697. The zero-order valence-corrected chi connectivity index (χ0v) is 43.2. The van der Waals surface area contributed by atoms with Gasteiger partial charge < -0.3 is 18.7 Å². The van der Waals surface area contributed by atoms with Crippen LogP contribution in [0.2, 0.25) is 0 Å². The summed E-state index contributed by atoms with van der Waals surface area (Å²) in [7, 11) is 0. The molecule has 8 heteroatoms. The number of benzene rings is 10. The molecule has 74 heavy (non-hydrogen) atoms. The van der Waals surface area contributed by atoms with Crippen LogP contribution in [0, 0.1) is 0 Å². The van der Waals surface area contributed by atoms with Crippen LogP contribution < -0.4 is 20.7 Å². The number of thiophene rings is 1. The Kier molecular flexibility index (Phi) is 9.11. The van der Waals surface area contributed by atoms with E-state index in [-0.39, 0.29) is 12.3 Å². The van der Waals surface area contributed by atoms with Crippen molar-refractivity contribution in [1.82, 2.24) is 4.48 Å². The standard InChI is InChI=1S/C66H44BN3OS3/c1-66(2,3)40-31-33-50(46(35-40)39-19-7-4-8-20-39)69-52-38-58-57(72-55-29-17-18-30-56(55)73-58)37-49(52)67-61-47(36-48-43-25-13-15-27-53(43)71-64(48)63(61)69)44-32-34-51(68(41-21-9-5-10-22-41)42-23-11-6-12-24-42)60-59-45-26-14-16-28-54(45)74-65(59)70(67)62(44)60/h4-38H,1-3H3. The van der Waals surface area contributed by atoms with Crippen molar-refractivity contribution in [3.05, 3.63) is 218 Å². The quantitative estimate of drug-likeness (QED) is 0.160. The van der Waals surface area contributed by atoms with Crippen LogP contribution in [0.4, 0.5) is 34.1 Å². The lowest BCUT2D eigenvalue weighted by Gasteiger charge is -2.42. The largest absolute Gasteiger partial charge is 0.454 e. The number of anilines is 6. The van der Waals surface area contributed by atoms with E-state index >= 15 is 0 Å². The van der Waals surface area contributed by atoms with E-state index < -0.39 is 0 Å². The predicted molar refractivity (Wildman–Crippen MR) is 316 cm³/mol. The summed E-state index contributed by atoms with van der Waals surface area (Å²) in [5, 5.41) is 6.06. The molecule has 0 spiro atoms. The second-order valence-electron chi connectivity index (χ2n) is 20.8. The molecular weight excluding hydrogens is 958 g/mol. The van der Waals surface area contributed by atoms with Gasteiger partial charge in [0.25, 0.3) is 0 Å². The highest BCUT2D eigenvalue weighted by atomic mass is 32.2. The highest BCUT2D eigenvalue weighted by Gasteiger charge is 2.47. The fourth-order valence-electron chi connectivity index (χ4n) is 12.3. The Balaban J connectivity index is 1.09. The number of fused-ring (bicyclic) bond motifs is 15. The molecule has 0 saturated carbocycles. The van der Waals surface area contributed by atoms with Crippen molar-refractivity contribution in [2.75, 3.05) is 9.80 Å². The van der Waals surface area contributed by atoms with Gasteiger partial charge in [-0.15, -0.1) is 11.3 Å². The Morgan fingerprint density at radius 3 is 1.89 bits per heavy atom. The average molecular weight is 1000 g/mol. The molecule has 0 saturated heterocycles. The summed E-state index contributed by atoms with van der Waals surface area (Å²) in [5.41, 5.74) is 18.4. The molecule has 350 valence electrons. The first-order chi connectivity index (χ1) is 36.4. The molecule has 0 radical (unpaired) electrons. The minimum Gasteiger partial charge on any atom is -0.454 e. The molecule has 16 rings (SSSR count). The lowest BCUT2D eigenvalue weighted by atomic mass is 9.45. The summed E-state index contributed by atoms with van der Waals surface area (Å²) in [6.07, 6.45) is 0. The Labute approximate surface area is 441 Å². The number of para-hydroxylation sites is 3. The number of hydrogen-bond donors (Lipinski definition) is 0. The summed E-state index contributed by atoms with van der Waals surface area (Å²) in [5.74, 6) is 0. The van der Waals surface area contributed by atoms with Gasteiger partial charge in [0.1, 0.15) is 5.58 Å². The van der Waals surface area contributed by atoms with Gasteiger partial charge in [-0.25, -0.2) is 0 Å². The summed E-state index contributed by atoms with van der Waals surface area (Å²) in [6, 6.07) is 78.8. The predicted octanol–water partition coefficient (Wildman–Crippen LogP) is 18.4. The zero-order valence-electron chi connectivity index (χ0n) is 40.8. The van der Waals surface area contributed by atoms with Crippen LogP contribution >= 0.6 is 34.9 Å². The smallest absolute Gasteiger partial charge is 0.333 e. The third-order valence-corrected chi connectivity index (χ3v) is 19.2. The molecule has 0 fully saturated rings. The SMILES string of the molecule is CC(C)(C)c1ccc(N2c3cc4c(cc3B3c5c(cc6c(oc7ccccc76)c52)-c2ccc(N(c5ccccc5)c5ccccc5)c5c6c7ccccc7sc6n3c25)Sc2ccccc2S4)c(-c2ccccc2)c1. The fraction of sp³-hybridized carbons (Fsp3) is 0.0606. The van der Waals surface area contributed by atoms with Crippen molar-refractivity contribution < 1.29 is 4.42 Å². The van der Waals surface area contributed by atoms with Gasteiger partial charge in [0.05, 0.1) is 21.9 Å². The maximum absolute atomic E-state index is 7.33. The summed E-state index contributed by atoms with van der Waals surface area (Å²) in [4.78, 5) is 11.5. The molecule has 3 aliphatic rings. The van der Waals surface area contributed by atoms with E-state index in [9.17, 15) is 0 Å². The van der Waals surface area contributed by atoms with Gasteiger partial charge >= 0.3 is 6.85 Å². The lowest BCUT2D eigenvalue weighted by molar-refractivity contribution is 0.590. The zero-order chi connectivity index (χ0) is 49.0. The molecule has 3 aliphatic heterocycles. The number of nitrogens with zero attached hydrogens (tertiary/aromatic N) is 3. The van der Waals surface area contributed by atoms with Crippen molar-refractivity contribution in [2.45, 2.75) is 45.8 Å². The maximum Gasteiger partial charge on any atom is 0.333 e. The van der Waals surface area contributed by atoms with Crippen molar-refractivity contribution in [2.24, 2.45) is 0 Å². The number of furan rings is 1. The van der Waals surface area contributed by atoms with Gasteiger partial charge in [-0.1, -0.05) is 172 Å². The second-order valence-corrected chi connectivity index (χ2v) is 24.0. The molecule has 13 aromatic rings. The van der Waals surface area contributed by atoms with Gasteiger partial charge in [-0.2, -0.15) is 0 Å². The van der Waals surface area contributed by atoms with Crippen LogP contribution in [-0.4, -0.2) is 11.3 Å². The molecule has 0 amide bonds. The van der Waals surface area contributed by atoms with Gasteiger partial charge in [-0.05, 0) is 118 Å². The molecule has 6 heterocycles. The van der Waals surface area contributed by atoms with Crippen molar-refractivity contribution in [3.63, 3.8) is 0 Å². The first-order valence-corrected chi connectivity index (χ1v) is 27.8. The van der Waals surface area contributed by atoms with Crippen LogP contribution in [0.15, 0.2) is 236 Å². The van der Waals surface area contributed by atoms with Gasteiger partial charge in [0, 0.05) is 84.9 Å². The molecule has 0 unspecified atom stereocenters. The van der Waals surface area contributed by atoms with Crippen LogP contribution in [0.5, 0.6) is 0 Å². The lowest BCUT2D eigenvalue weighted by Crippen LogP contribution is -2.56. The molecule has 4 nitrogen and oxygen atoms in total. The molecule has 3 aromatic heterocycles. The third kappa shape index (κ3) is 6.07. The Morgan fingerprint density at radius 1 is 0.514 bits per heavy atom. The van der Waals surface area contributed by atoms with Crippen LogP contribution in [0.1, 0.15) is 26.3 Å². The topological polar surface area (TPSA) is 24.6 Å². The van der Waals surface area contributed by atoms with Gasteiger partial charge in [0.15, 0.2) is 5.58 Å². The number of rotatable bonds is 5. The van der Waals surface area contributed by atoms with Gasteiger partial charge in [0.2, 0.25) is 0 Å². The Hall–Kier alpha value is -7.88. The monoisotopic (exact) mass is 1000 g/mol. The first-order valence-electron chi connectivity index (χ1n) is 25.4. The van der Waals surface area contributed by atoms with E-state index in [0.29, 0.717) is 0 Å². The van der Waals surface area contributed by atoms with E-state index in [1.165, 1.54) is 95.2 Å². The highest BCUT2D eigenvalue weighted by Crippen LogP contribution is 2.57. The van der Waals surface area contributed by atoms with E-state index in [4.69, 9.17) is 4.42 Å². The van der Waals surface area contributed by atoms with Crippen molar-refractivity contribution in [1.29, 1.82) is 0 Å². The van der Waals surface area contributed by atoms with E-state index in [2.05, 4.69) is 247 Å². The Bertz CT molecular complexity index is 4460. The highest BCUT2D eigenvalue weighted by molar-refractivity contribution is 8.05. The summed E-state index contributed by atoms with van der Waals surface area (Å²) < 4.78 is 11.4. The van der Waals surface area contributed by atoms with E-state index in [0.717, 1.165) is 50.4 Å².